The molecular weight excluding hydrogens is 296 g/mol. The number of hydrogen-bond acceptors (Lipinski definition) is 3. The Morgan fingerprint density at radius 2 is 2.11 bits per heavy atom. The lowest BCUT2D eigenvalue weighted by Crippen LogP contribution is -2.20. The molecule has 1 unspecified atom stereocenters. The average Bonchev–Trinajstić information content (AvgIpc) is 2.66. The average molecular weight is 319 g/mol. The van der Waals surface area contributed by atoms with E-state index >= 15 is 0 Å². The quantitative estimate of drug-likeness (QED) is 0.749. The Labute approximate surface area is 117 Å². The number of halogens is 1. The van der Waals surface area contributed by atoms with Crippen LogP contribution in [0.15, 0.2) is 4.47 Å². The summed E-state index contributed by atoms with van der Waals surface area (Å²) in [6.45, 7) is 8.10. The van der Waals surface area contributed by atoms with Crippen molar-refractivity contribution in [1.82, 2.24) is 9.78 Å². The summed E-state index contributed by atoms with van der Waals surface area (Å²) in [4.78, 5) is 0. The maximum absolute atomic E-state index is 9.97. The smallest absolute Gasteiger partial charge is 0.0829 e. The molecule has 1 rings (SSSR count). The van der Waals surface area contributed by atoms with Gasteiger partial charge < -0.3 is 9.84 Å². The van der Waals surface area contributed by atoms with Crippen LogP contribution in [-0.2, 0) is 24.1 Å². The third kappa shape index (κ3) is 4.07. The molecule has 1 aromatic heterocycles. The first kappa shape index (κ1) is 15.7. The maximum Gasteiger partial charge on any atom is 0.0829 e. The molecule has 0 radical (unpaired) electrons. The van der Waals surface area contributed by atoms with E-state index in [9.17, 15) is 5.11 Å². The van der Waals surface area contributed by atoms with Crippen LogP contribution in [0.1, 0.15) is 38.6 Å². The standard InChI is InChI=1S/C13H23BrN2O2/c1-4-7-18-9-10(17)8-12-13(14)11(5-2)15-16(12)6-3/h10,17H,4-9H2,1-3H3. The highest BCUT2D eigenvalue weighted by Crippen LogP contribution is 2.23. The van der Waals surface area contributed by atoms with Crippen LogP contribution >= 0.6 is 15.9 Å². The van der Waals surface area contributed by atoms with Crippen LogP contribution in [0.5, 0.6) is 0 Å². The second-order valence-corrected chi connectivity index (χ2v) is 5.10. The Bertz CT molecular complexity index is 366. The molecule has 5 heteroatoms. The summed E-state index contributed by atoms with van der Waals surface area (Å²) >= 11 is 3.58. The summed E-state index contributed by atoms with van der Waals surface area (Å²) in [5.41, 5.74) is 2.11. The Morgan fingerprint density at radius 3 is 2.67 bits per heavy atom. The number of aromatic nitrogens is 2. The summed E-state index contributed by atoms with van der Waals surface area (Å²) in [5.74, 6) is 0. The first-order chi connectivity index (χ1) is 8.63. The minimum atomic E-state index is -0.473. The molecule has 0 aliphatic heterocycles. The minimum Gasteiger partial charge on any atom is -0.390 e. The Kier molecular flexibility index (Phi) is 6.89. The Morgan fingerprint density at radius 1 is 1.39 bits per heavy atom. The monoisotopic (exact) mass is 318 g/mol. The molecular formula is C13H23BrN2O2. The van der Waals surface area contributed by atoms with Gasteiger partial charge in [-0.05, 0) is 35.7 Å². The number of rotatable bonds is 8. The van der Waals surface area contributed by atoms with Crippen LogP contribution in [-0.4, -0.2) is 34.2 Å². The number of aryl methyl sites for hydroxylation is 2. The number of nitrogens with zero attached hydrogens (tertiary/aromatic N) is 2. The summed E-state index contributed by atoms with van der Waals surface area (Å²) in [6, 6.07) is 0. The molecule has 0 amide bonds. The molecule has 0 aliphatic rings. The fourth-order valence-corrected chi connectivity index (χ4v) is 2.58. The number of aliphatic hydroxyl groups is 1. The molecule has 1 atom stereocenters. The maximum atomic E-state index is 9.97. The zero-order valence-corrected chi connectivity index (χ0v) is 13.0. The zero-order chi connectivity index (χ0) is 13.5. The molecule has 0 aromatic carbocycles. The van der Waals surface area contributed by atoms with E-state index in [1.807, 2.05) is 4.68 Å². The Balaban J connectivity index is 2.67. The summed E-state index contributed by atoms with van der Waals surface area (Å²) < 4.78 is 8.35. The third-order valence-corrected chi connectivity index (χ3v) is 3.70. The van der Waals surface area contributed by atoms with E-state index < -0.39 is 6.10 Å². The third-order valence-electron chi connectivity index (χ3n) is 2.78. The molecule has 0 spiro atoms. The molecule has 0 saturated heterocycles. The van der Waals surface area contributed by atoms with Gasteiger partial charge in [0.2, 0.25) is 0 Å². The molecule has 4 nitrogen and oxygen atoms in total. The van der Waals surface area contributed by atoms with Crippen LogP contribution in [0.3, 0.4) is 0 Å². The first-order valence-electron chi connectivity index (χ1n) is 6.63. The highest BCUT2D eigenvalue weighted by molar-refractivity contribution is 9.10. The molecule has 1 N–H and O–H groups in total. The minimum absolute atomic E-state index is 0.386. The molecule has 0 bridgehead atoms. The highest BCUT2D eigenvalue weighted by Gasteiger charge is 2.17. The predicted molar refractivity (Wildman–Crippen MR) is 75.8 cm³/mol. The van der Waals surface area contributed by atoms with Crippen molar-refractivity contribution in [3.63, 3.8) is 0 Å². The van der Waals surface area contributed by atoms with Crippen molar-refractivity contribution in [2.45, 2.75) is 52.7 Å². The summed E-state index contributed by atoms with van der Waals surface area (Å²) in [5, 5.41) is 14.5. The van der Waals surface area contributed by atoms with Crippen molar-refractivity contribution in [3.8, 4) is 0 Å². The van der Waals surface area contributed by atoms with E-state index in [4.69, 9.17) is 4.74 Å². The van der Waals surface area contributed by atoms with Crippen molar-refractivity contribution in [2.75, 3.05) is 13.2 Å². The number of aliphatic hydroxyl groups excluding tert-OH is 1. The van der Waals surface area contributed by atoms with Gasteiger partial charge in [0.25, 0.3) is 0 Å². The second kappa shape index (κ2) is 7.92. The van der Waals surface area contributed by atoms with Gasteiger partial charge in [0.05, 0.1) is 28.6 Å². The van der Waals surface area contributed by atoms with Gasteiger partial charge in [0.1, 0.15) is 0 Å². The van der Waals surface area contributed by atoms with Crippen LogP contribution in [0.2, 0.25) is 0 Å². The fourth-order valence-electron chi connectivity index (χ4n) is 1.86. The molecule has 0 aliphatic carbocycles. The van der Waals surface area contributed by atoms with Crippen molar-refractivity contribution in [1.29, 1.82) is 0 Å². The molecule has 18 heavy (non-hydrogen) atoms. The molecule has 0 saturated carbocycles. The lowest BCUT2D eigenvalue weighted by atomic mass is 10.2. The van der Waals surface area contributed by atoms with Gasteiger partial charge in [-0.2, -0.15) is 5.10 Å². The van der Waals surface area contributed by atoms with E-state index in [-0.39, 0.29) is 0 Å². The molecule has 1 aromatic rings. The predicted octanol–water partition coefficient (Wildman–Crippen LogP) is 2.56. The number of hydrogen-bond donors (Lipinski definition) is 1. The van der Waals surface area contributed by atoms with Gasteiger partial charge >= 0.3 is 0 Å². The highest BCUT2D eigenvalue weighted by atomic mass is 79.9. The van der Waals surface area contributed by atoms with Crippen LogP contribution in [0.25, 0.3) is 0 Å². The van der Waals surface area contributed by atoms with E-state index in [1.54, 1.807) is 0 Å². The van der Waals surface area contributed by atoms with Gasteiger partial charge in [-0.25, -0.2) is 0 Å². The normalized spacial score (nSPS) is 12.9. The van der Waals surface area contributed by atoms with Crippen LogP contribution in [0.4, 0.5) is 0 Å². The van der Waals surface area contributed by atoms with Crippen LogP contribution < -0.4 is 0 Å². The largest absolute Gasteiger partial charge is 0.390 e. The second-order valence-electron chi connectivity index (χ2n) is 4.31. The molecule has 104 valence electrons. The van der Waals surface area contributed by atoms with Crippen molar-refractivity contribution < 1.29 is 9.84 Å². The van der Waals surface area contributed by atoms with E-state index in [0.717, 1.165) is 35.2 Å². The van der Waals surface area contributed by atoms with Gasteiger partial charge in [0, 0.05) is 19.6 Å². The topological polar surface area (TPSA) is 47.3 Å². The summed E-state index contributed by atoms with van der Waals surface area (Å²) in [7, 11) is 0. The fraction of sp³-hybridized carbons (Fsp3) is 0.769. The van der Waals surface area contributed by atoms with Gasteiger partial charge in [-0.15, -0.1) is 0 Å². The van der Waals surface area contributed by atoms with Crippen molar-refractivity contribution in [2.24, 2.45) is 0 Å². The molecule has 0 fully saturated rings. The van der Waals surface area contributed by atoms with E-state index in [0.29, 0.717) is 19.6 Å². The SMILES string of the molecule is CCCOCC(O)Cc1c(Br)c(CC)nn1CC. The number of ether oxygens (including phenoxy) is 1. The van der Waals surface area contributed by atoms with Gasteiger partial charge in [-0.1, -0.05) is 13.8 Å². The lowest BCUT2D eigenvalue weighted by Gasteiger charge is -2.12. The Hall–Kier alpha value is -0.390. The van der Waals surface area contributed by atoms with Crippen molar-refractivity contribution >= 4 is 15.9 Å². The van der Waals surface area contributed by atoms with E-state index in [2.05, 4.69) is 41.8 Å². The van der Waals surface area contributed by atoms with Gasteiger partial charge in [-0.3, -0.25) is 4.68 Å². The first-order valence-corrected chi connectivity index (χ1v) is 7.43. The summed E-state index contributed by atoms with van der Waals surface area (Å²) in [6.07, 6.45) is 1.97. The molecule has 1 heterocycles. The lowest BCUT2D eigenvalue weighted by molar-refractivity contribution is 0.0363. The van der Waals surface area contributed by atoms with E-state index in [1.165, 1.54) is 0 Å². The zero-order valence-electron chi connectivity index (χ0n) is 11.4. The van der Waals surface area contributed by atoms with Gasteiger partial charge in [0.15, 0.2) is 0 Å². The van der Waals surface area contributed by atoms with Crippen molar-refractivity contribution in [3.05, 3.63) is 15.9 Å². The van der Waals surface area contributed by atoms with Crippen LogP contribution in [0, 0.1) is 0 Å².